The van der Waals surface area contributed by atoms with Crippen molar-refractivity contribution in [2.45, 2.75) is 32.5 Å². The number of carbonyl (C=O) groups is 2. The molecule has 3 heterocycles. The van der Waals surface area contributed by atoms with Gasteiger partial charge in [0, 0.05) is 53.6 Å². The summed E-state index contributed by atoms with van der Waals surface area (Å²) in [6.07, 6.45) is -0.351. The summed E-state index contributed by atoms with van der Waals surface area (Å²) in [5, 5.41) is 5.57. The van der Waals surface area contributed by atoms with Crippen molar-refractivity contribution < 1.29 is 18.7 Å². The molecule has 9 heteroatoms. The molecule has 1 amide bonds. The van der Waals surface area contributed by atoms with Gasteiger partial charge in [0.15, 0.2) is 11.2 Å². The van der Waals surface area contributed by atoms with E-state index in [4.69, 9.17) is 9.72 Å². The number of nitrogens with zero attached hydrogens (tertiary/aromatic N) is 3. The van der Waals surface area contributed by atoms with Crippen molar-refractivity contribution in [3.8, 4) is 11.3 Å². The molecule has 1 aliphatic rings. The third-order valence-electron chi connectivity index (χ3n) is 7.11. The van der Waals surface area contributed by atoms with E-state index in [0.29, 0.717) is 34.7 Å². The number of amides is 1. The highest BCUT2D eigenvalue weighted by atomic mass is 32.1. The first-order chi connectivity index (χ1) is 19.9. The van der Waals surface area contributed by atoms with Crippen LogP contribution in [0.25, 0.3) is 22.2 Å². The van der Waals surface area contributed by atoms with E-state index >= 15 is 0 Å². The van der Waals surface area contributed by atoms with Gasteiger partial charge in [0.25, 0.3) is 5.91 Å². The van der Waals surface area contributed by atoms with Gasteiger partial charge < -0.3 is 4.74 Å². The van der Waals surface area contributed by atoms with Gasteiger partial charge in [-0.25, -0.2) is 14.2 Å². The maximum atomic E-state index is 13.7. The molecule has 41 heavy (non-hydrogen) atoms. The highest BCUT2D eigenvalue weighted by Crippen LogP contribution is 2.30. The number of hydrogen-bond acceptors (Lipinski definition) is 7. The van der Waals surface area contributed by atoms with Crippen LogP contribution in [0.4, 0.5) is 9.52 Å². The summed E-state index contributed by atoms with van der Waals surface area (Å²) in [7, 11) is 0. The van der Waals surface area contributed by atoms with Gasteiger partial charge in [-0.2, -0.15) is 0 Å². The van der Waals surface area contributed by atoms with Crippen molar-refractivity contribution in [2.75, 3.05) is 11.9 Å². The van der Waals surface area contributed by atoms with Crippen LogP contribution in [-0.4, -0.2) is 39.4 Å². The first-order valence-corrected chi connectivity index (χ1v) is 14.2. The molecule has 2 aromatic heterocycles. The van der Waals surface area contributed by atoms with Gasteiger partial charge in [-0.15, -0.1) is 11.3 Å². The molecule has 0 spiro atoms. The molecular weight excluding hydrogens is 539 g/mol. The van der Waals surface area contributed by atoms with Crippen LogP contribution in [0.1, 0.15) is 34.1 Å². The number of hydrogen-bond donors (Lipinski definition) is 1. The van der Waals surface area contributed by atoms with Crippen LogP contribution in [-0.2, 0) is 29.0 Å². The highest BCUT2D eigenvalue weighted by molar-refractivity contribution is 7.14. The molecule has 0 aliphatic carbocycles. The molecule has 3 aromatic carbocycles. The van der Waals surface area contributed by atoms with E-state index < -0.39 is 18.0 Å². The second-order valence-corrected chi connectivity index (χ2v) is 10.8. The number of para-hydroxylation sites is 1. The predicted octanol–water partition coefficient (Wildman–Crippen LogP) is 6.24. The minimum Gasteiger partial charge on any atom is -0.449 e. The van der Waals surface area contributed by atoms with Gasteiger partial charge in [-0.1, -0.05) is 48.5 Å². The highest BCUT2D eigenvalue weighted by Gasteiger charge is 2.29. The second-order valence-electron chi connectivity index (χ2n) is 9.96. The number of halogens is 1. The molecule has 1 N–H and O–H groups in total. The van der Waals surface area contributed by atoms with Gasteiger partial charge in [0.2, 0.25) is 0 Å². The average molecular weight is 567 g/mol. The first kappa shape index (κ1) is 26.7. The standard InChI is InChI=1S/C32H27FN4O3S/c1-20(30(38)36-32-35-28(19-41-32)22-11-13-23(33)14-12-22)40-31(39)29-24-9-5-6-10-26(24)34-27-15-16-37(18-25(27)29)17-21-7-3-2-4-8-21/h2-14,19-20H,15-18H2,1H3,(H,35,36,38). The minimum atomic E-state index is -1.06. The summed E-state index contributed by atoms with van der Waals surface area (Å²) in [6.45, 7) is 3.68. The first-order valence-electron chi connectivity index (χ1n) is 13.3. The molecule has 5 aromatic rings. The van der Waals surface area contributed by atoms with E-state index in [1.807, 2.05) is 42.5 Å². The van der Waals surface area contributed by atoms with E-state index in [9.17, 15) is 14.0 Å². The lowest BCUT2D eigenvalue weighted by Gasteiger charge is -2.30. The van der Waals surface area contributed by atoms with Crippen molar-refractivity contribution >= 4 is 39.2 Å². The molecule has 206 valence electrons. The second kappa shape index (κ2) is 11.6. The van der Waals surface area contributed by atoms with Gasteiger partial charge in [0.05, 0.1) is 16.8 Å². The Morgan fingerprint density at radius 1 is 1.02 bits per heavy atom. The third-order valence-corrected chi connectivity index (χ3v) is 7.86. The summed E-state index contributed by atoms with van der Waals surface area (Å²) in [5.41, 5.74) is 5.45. The number of pyridine rings is 1. The van der Waals surface area contributed by atoms with Crippen LogP contribution in [0.2, 0.25) is 0 Å². The Hall–Kier alpha value is -4.47. The Bertz CT molecular complexity index is 1720. The zero-order chi connectivity index (χ0) is 28.3. The Morgan fingerprint density at radius 3 is 2.59 bits per heavy atom. The zero-order valence-corrected chi connectivity index (χ0v) is 23.2. The predicted molar refractivity (Wildman–Crippen MR) is 157 cm³/mol. The van der Waals surface area contributed by atoms with E-state index in [0.717, 1.165) is 35.4 Å². The van der Waals surface area contributed by atoms with Crippen LogP contribution in [0.15, 0.2) is 84.2 Å². The van der Waals surface area contributed by atoms with Gasteiger partial charge in [-0.05, 0) is 42.8 Å². The van der Waals surface area contributed by atoms with Crippen molar-refractivity contribution in [3.05, 3.63) is 112 Å². The van der Waals surface area contributed by atoms with E-state index in [2.05, 4.69) is 27.3 Å². The molecule has 0 radical (unpaired) electrons. The van der Waals surface area contributed by atoms with Crippen molar-refractivity contribution in [1.29, 1.82) is 0 Å². The quantitative estimate of drug-likeness (QED) is 0.235. The zero-order valence-electron chi connectivity index (χ0n) is 22.3. The van der Waals surface area contributed by atoms with E-state index in [1.165, 1.54) is 29.0 Å². The largest absolute Gasteiger partial charge is 0.449 e. The smallest absolute Gasteiger partial charge is 0.339 e. The van der Waals surface area contributed by atoms with Crippen LogP contribution >= 0.6 is 11.3 Å². The Labute approximate surface area is 240 Å². The number of benzene rings is 3. The lowest BCUT2D eigenvalue weighted by Crippen LogP contribution is -2.34. The lowest BCUT2D eigenvalue weighted by molar-refractivity contribution is -0.123. The molecule has 0 bridgehead atoms. The fourth-order valence-electron chi connectivity index (χ4n) is 5.02. The van der Waals surface area contributed by atoms with Crippen molar-refractivity contribution in [2.24, 2.45) is 0 Å². The fraction of sp³-hybridized carbons (Fsp3) is 0.188. The molecular formula is C32H27FN4O3S. The van der Waals surface area contributed by atoms with Gasteiger partial charge in [-0.3, -0.25) is 20.0 Å². The Kier molecular flexibility index (Phi) is 7.54. The van der Waals surface area contributed by atoms with E-state index in [-0.39, 0.29) is 5.82 Å². The fourth-order valence-corrected chi connectivity index (χ4v) is 5.74. The summed E-state index contributed by atoms with van der Waals surface area (Å²) in [6, 6.07) is 23.7. The maximum Gasteiger partial charge on any atom is 0.339 e. The van der Waals surface area contributed by atoms with Crippen LogP contribution < -0.4 is 5.32 Å². The number of fused-ring (bicyclic) bond motifs is 2. The number of thiazole rings is 1. The van der Waals surface area contributed by atoms with Crippen molar-refractivity contribution in [3.63, 3.8) is 0 Å². The number of anilines is 1. The molecule has 7 nitrogen and oxygen atoms in total. The minimum absolute atomic E-state index is 0.333. The van der Waals surface area contributed by atoms with Crippen LogP contribution in [0.3, 0.4) is 0 Å². The molecule has 6 rings (SSSR count). The number of carbonyl (C=O) groups excluding carboxylic acids is 2. The summed E-state index contributed by atoms with van der Waals surface area (Å²) in [4.78, 5) is 38.2. The number of rotatable bonds is 7. The number of esters is 1. The average Bonchev–Trinajstić information content (AvgIpc) is 3.45. The SMILES string of the molecule is CC(OC(=O)c1c2c(nc3ccccc13)CCN(Cc1ccccc1)C2)C(=O)Nc1nc(-c2ccc(F)cc2)cs1. The maximum absolute atomic E-state index is 13.7. The molecule has 0 saturated carbocycles. The van der Waals surface area contributed by atoms with Crippen LogP contribution in [0.5, 0.6) is 0 Å². The summed E-state index contributed by atoms with van der Waals surface area (Å²) in [5.74, 6) is -1.38. The third kappa shape index (κ3) is 5.86. The van der Waals surface area contributed by atoms with Crippen molar-refractivity contribution in [1.82, 2.24) is 14.9 Å². The summed E-state index contributed by atoms with van der Waals surface area (Å²) < 4.78 is 19.0. The topological polar surface area (TPSA) is 84.4 Å². The monoisotopic (exact) mass is 566 g/mol. The lowest BCUT2D eigenvalue weighted by atomic mass is 9.95. The van der Waals surface area contributed by atoms with E-state index in [1.54, 1.807) is 24.4 Å². The Balaban J connectivity index is 1.20. The number of ether oxygens (including phenoxy) is 1. The summed E-state index contributed by atoms with van der Waals surface area (Å²) >= 11 is 1.24. The molecule has 0 saturated heterocycles. The number of aromatic nitrogens is 2. The molecule has 0 fully saturated rings. The Morgan fingerprint density at radius 2 is 1.78 bits per heavy atom. The van der Waals surface area contributed by atoms with Gasteiger partial charge >= 0.3 is 5.97 Å². The molecule has 1 unspecified atom stereocenters. The van der Waals surface area contributed by atoms with Gasteiger partial charge in [0.1, 0.15) is 5.82 Å². The molecule has 1 aliphatic heterocycles. The van der Waals surface area contributed by atoms with Crippen LogP contribution in [0, 0.1) is 5.82 Å². The number of nitrogens with one attached hydrogen (secondary N) is 1. The molecule has 1 atom stereocenters. The normalized spacial score (nSPS) is 13.9.